The molecule has 0 bridgehead atoms. The first-order chi connectivity index (χ1) is 8.52. The van der Waals surface area contributed by atoms with Crippen molar-refractivity contribution in [2.45, 2.75) is 26.9 Å². The van der Waals surface area contributed by atoms with Crippen molar-refractivity contribution in [3.8, 4) is 11.3 Å². The third kappa shape index (κ3) is 2.30. The number of imidazole rings is 1. The van der Waals surface area contributed by atoms with E-state index in [-0.39, 0.29) is 6.54 Å². The fourth-order valence-electron chi connectivity index (χ4n) is 2.09. The largest absolute Gasteiger partial charge is 0.384 e. The van der Waals surface area contributed by atoms with Crippen LogP contribution in [-0.4, -0.2) is 21.6 Å². The first-order valence-corrected chi connectivity index (χ1v) is 6.05. The molecular formula is C14H19N3O. The van der Waals surface area contributed by atoms with E-state index in [1.165, 1.54) is 11.1 Å². The summed E-state index contributed by atoms with van der Waals surface area (Å²) in [6, 6.07) is 6.25. The lowest BCUT2D eigenvalue weighted by Crippen LogP contribution is -2.12. The molecule has 0 radical (unpaired) electrons. The quantitative estimate of drug-likeness (QED) is 0.774. The molecule has 0 fully saturated rings. The van der Waals surface area contributed by atoms with Crippen LogP contribution in [-0.2, 0) is 0 Å². The SMILES string of the molecule is Cc1ccc(-c2nc(C(O)CN)[nH]c2C)c(C)c1. The smallest absolute Gasteiger partial charge is 0.137 e. The molecule has 1 aromatic carbocycles. The highest BCUT2D eigenvalue weighted by Crippen LogP contribution is 2.26. The van der Waals surface area contributed by atoms with E-state index in [1.54, 1.807) is 0 Å². The maximum absolute atomic E-state index is 9.71. The Hall–Kier alpha value is -1.65. The molecule has 4 N–H and O–H groups in total. The lowest BCUT2D eigenvalue weighted by molar-refractivity contribution is 0.177. The number of benzene rings is 1. The Morgan fingerprint density at radius 3 is 2.67 bits per heavy atom. The van der Waals surface area contributed by atoms with Gasteiger partial charge in [0.05, 0.1) is 5.69 Å². The molecular weight excluding hydrogens is 226 g/mol. The van der Waals surface area contributed by atoms with E-state index >= 15 is 0 Å². The van der Waals surface area contributed by atoms with Crippen molar-refractivity contribution in [3.63, 3.8) is 0 Å². The summed E-state index contributed by atoms with van der Waals surface area (Å²) in [5, 5.41) is 9.71. The summed E-state index contributed by atoms with van der Waals surface area (Å²) in [5.74, 6) is 0.532. The van der Waals surface area contributed by atoms with Crippen LogP contribution >= 0.6 is 0 Å². The maximum Gasteiger partial charge on any atom is 0.137 e. The first-order valence-electron chi connectivity index (χ1n) is 6.05. The number of aliphatic hydroxyl groups is 1. The Kier molecular flexibility index (Phi) is 3.50. The van der Waals surface area contributed by atoms with Gasteiger partial charge in [0.25, 0.3) is 0 Å². The van der Waals surface area contributed by atoms with E-state index in [9.17, 15) is 5.11 Å². The predicted octanol–water partition coefficient (Wildman–Crippen LogP) is 1.99. The lowest BCUT2D eigenvalue weighted by Gasteiger charge is -2.05. The van der Waals surface area contributed by atoms with Gasteiger partial charge in [-0.15, -0.1) is 0 Å². The van der Waals surface area contributed by atoms with Crippen LogP contribution in [0, 0.1) is 20.8 Å². The van der Waals surface area contributed by atoms with Gasteiger partial charge in [-0.25, -0.2) is 4.98 Å². The van der Waals surface area contributed by atoms with Gasteiger partial charge in [0.2, 0.25) is 0 Å². The summed E-state index contributed by atoms with van der Waals surface area (Å²) in [4.78, 5) is 7.55. The molecule has 0 spiro atoms. The van der Waals surface area contributed by atoms with Gasteiger partial charge >= 0.3 is 0 Å². The van der Waals surface area contributed by atoms with E-state index in [0.29, 0.717) is 5.82 Å². The van der Waals surface area contributed by atoms with Crippen LogP contribution < -0.4 is 5.73 Å². The van der Waals surface area contributed by atoms with Crippen LogP contribution in [0.5, 0.6) is 0 Å². The van der Waals surface area contributed by atoms with Gasteiger partial charge in [-0.1, -0.05) is 23.8 Å². The lowest BCUT2D eigenvalue weighted by atomic mass is 10.0. The Labute approximate surface area is 107 Å². The van der Waals surface area contributed by atoms with Gasteiger partial charge in [0.1, 0.15) is 11.9 Å². The minimum Gasteiger partial charge on any atom is -0.384 e. The molecule has 1 heterocycles. The molecule has 2 rings (SSSR count). The molecule has 18 heavy (non-hydrogen) atoms. The Morgan fingerprint density at radius 1 is 1.33 bits per heavy atom. The van der Waals surface area contributed by atoms with Crippen molar-refractivity contribution >= 4 is 0 Å². The first kappa shape index (κ1) is 12.8. The third-order valence-electron chi connectivity index (χ3n) is 3.08. The molecule has 0 saturated carbocycles. The van der Waals surface area contributed by atoms with Gasteiger partial charge in [-0.3, -0.25) is 0 Å². The van der Waals surface area contributed by atoms with Gasteiger partial charge in [-0.2, -0.15) is 0 Å². The number of aromatic nitrogens is 2. The van der Waals surface area contributed by atoms with Crippen LogP contribution in [0.1, 0.15) is 28.7 Å². The number of aryl methyl sites for hydroxylation is 3. The highest BCUT2D eigenvalue weighted by atomic mass is 16.3. The summed E-state index contributed by atoms with van der Waals surface area (Å²) in [6.07, 6.45) is -0.733. The van der Waals surface area contributed by atoms with Gasteiger partial charge in [0.15, 0.2) is 0 Å². The summed E-state index contributed by atoms with van der Waals surface area (Å²) >= 11 is 0. The van der Waals surface area contributed by atoms with Crippen LogP contribution in [0.3, 0.4) is 0 Å². The third-order valence-corrected chi connectivity index (χ3v) is 3.08. The van der Waals surface area contributed by atoms with Gasteiger partial charge < -0.3 is 15.8 Å². The number of hydrogen-bond acceptors (Lipinski definition) is 3. The average molecular weight is 245 g/mol. The molecule has 0 aliphatic heterocycles. The number of nitrogens with one attached hydrogen (secondary N) is 1. The van der Waals surface area contributed by atoms with Gasteiger partial charge in [0, 0.05) is 17.8 Å². The highest BCUT2D eigenvalue weighted by molar-refractivity contribution is 5.66. The normalized spacial score (nSPS) is 12.7. The summed E-state index contributed by atoms with van der Waals surface area (Å²) in [7, 11) is 0. The molecule has 0 amide bonds. The average Bonchev–Trinajstić information content (AvgIpc) is 2.70. The predicted molar refractivity (Wildman–Crippen MR) is 72.2 cm³/mol. The van der Waals surface area contributed by atoms with Crippen molar-refractivity contribution in [1.82, 2.24) is 9.97 Å². The Morgan fingerprint density at radius 2 is 2.06 bits per heavy atom. The van der Waals surface area contributed by atoms with Crippen molar-refractivity contribution in [2.75, 3.05) is 6.54 Å². The van der Waals surface area contributed by atoms with Crippen molar-refractivity contribution in [3.05, 3.63) is 40.8 Å². The Bertz CT molecular complexity index is 560. The molecule has 0 aliphatic carbocycles. The molecule has 0 aliphatic rings. The van der Waals surface area contributed by atoms with Crippen LogP contribution in [0.15, 0.2) is 18.2 Å². The van der Waals surface area contributed by atoms with E-state index in [4.69, 9.17) is 5.73 Å². The fourth-order valence-corrected chi connectivity index (χ4v) is 2.09. The standard InChI is InChI=1S/C14H19N3O/c1-8-4-5-11(9(2)6-8)13-10(3)16-14(17-13)12(18)7-15/h4-6,12,18H,7,15H2,1-3H3,(H,16,17). The van der Waals surface area contributed by atoms with Crippen LogP contribution in [0.2, 0.25) is 0 Å². The van der Waals surface area contributed by atoms with E-state index < -0.39 is 6.10 Å². The summed E-state index contributed by atoms with van der Waals surface area (Å²) < 4.78 is 0. The number of nitrogens with two attached hydrogens (primary N) is 1. The van der Waals surface area contributed by atoms with Crippen molar-refractivity contribution < 1.29 is 5.11 Å². The maximum atomic E-state index is 9.71. The minimum atomic E-state index is -0.733. The zero-order valence-corrected chi connectivity index (χ0v) is 11.0. The second-order valence-electron chi connectivity index (χ2n) is 4.67. The van der Waals surface area contributed by atoms with Crippen LogP contribution in [0.25, 0.3) is 11.3 Å². The number of nitrogens with zero attached hydrogens (tertiary/aromatic N) is 1. The van der Waals surface area contributed by atoms with E-state index in [1.807, 2.05) is 6.92 Å². The second-order valence-corrected chi connectivity index (χ2v) is 4.67. The monoisotopic (exact) mass is 245 g/mol. The number of aromatic amines is 1. The number of H-pyrrole nitrogens is 1. The van der Waals surface area contributed by atoms with Crippen molar-refractivity contribution in [1.29, 1.82) is 0 Å². The zero-order valence-electron chi connectivity index (χ0n) is 11.0. The Balaban J connectivity index is 2.47. The zero-order chi connectivity index (χ0) is 13.3. The topological polar surface area (TPSA) is 74.9 Å². The van der Waals surface area contributed by atoms with Crippen LogP contribution in [0.4, 0.5) is 0 Å². The molecule has 4 heteroatoms. The summed E-state index contributed by atoms with van der Waals surface area (Å²) in [5.41, 5.74) is 10.8. The molecule has 0 saturated heterocycles. The second kappa shape index (κ2) is 4.92. The number of rotatable bonds is 3. The van der Waals surface area contributed by atoms with Crippen molar-refractivity contribution in [2.24, 2.45) is 5.73 Å². The molecule has 1 unspecified atom stereocenters. The number of aliphatic hydroxyl groups excluding tert-OH is 1. The molecule has 1 aromatic heterocycles. The minimum absolute atomic E-state index is 0.166. The molecule has 2 aromatic rings. The summed E-state index contributed by atoms with van der Waals surface area (Å²) in [6.45, 7) is 6.25. The van der Waals surface area contributed by atoms with Gasteiger partial charge in [-0.05, 0) is 26.3 Å². The number of hydrogen-bond donors (Lipinski definition) is 3. The molecule has 1 atom stereocenters. The molecule has 96 valence electrons. The van der Waals surface area contributed by atoms with E-state index in [2.05, 4.69) is 42.0 Å². The fraction of sp³-hybridized carbons (Fsp3) is 0.357. The highest BCUT2D eigenvalue weighted by Gasteiger charge is 2.15. The van der Waals surface area contributed by atoms with E-state index in [0.717, 1.165) is 17.0 Å². The molecule has 4 nitrogen and oxygen atoms in total.